The average molecular weight is 695 g/mol. The molecule has 48 heavy (non-hydrogen) atoms. The number of halogens is 9. The number of aromatic nitrogens is 4. The summed E-state index contributed by atoms with van der Waals surface area (Å²) < 4.78 is 124. The molecule has 0 bridgehead atoms. The SMILES string of the molecule is CCCN(C[C@H]1CC[C@H](CC(=O)O)CC1)c1ccc(C(F)(F)F)cc1CN(Cc1cc(C(F)(F)F)cc(C(F)(F)F)c1)c1nnn(C)n1. The van der Waals surface area contributed by atoms with Gasteiger partial charge in [-0.1, -0.05) is 12.0 Å². The second kappa shape index (κ2) is 14.6. The van der Waals surface area contributed by atoms with Crippen molar-refractivity contribution in [3.05, 3.63) is 64.2 Å². The lowest BCUT2D eigenvalue weighted by molar-refractivity contribution is -0.143. The lowest BCUT2D eigenvalue weighted by atomic mass is 9.80. The molecule has 0 spiro atoms. The minimum Gasteiger partial charge on any atom is -0.481 e. The third kappa shape index (κ3) is 9.75. The fraction of sp³-hybridized carbons (Fsp3) is 0.548. The van der Waals surface area contributed by atoms with Crippen molar-refractivity contribution in [2.45, 2.75) is 77.1 Å². The van der Waals surface area contributed by atoms with Crippen molar-refractivity contribution in [2.24, 2.45) is 18.9 Å². The van der Waals surface area contributed by atoms with Crippen molar-refractivity contribution >= 4 is 17.6 Å². The number of hydrogen-bond donors (Lipinski definition) is 1. The third-order valence-electron chi connectivity index (χ3n) is 8.31. The second-order valence-corrected chi connectivity index (χ2v) is 12.1. The zero-order valence-electron chi connectivity index (χ0n) is 26.1. The van der Waals surface area contributed by atoms with E-state index in [1.54, 1.807) is 0 Å². The van der Waals surface area contributed by atoms with Crippen LogP contribution in [0.2, 0.25) is 0 Å². The molecule has 2 aromatic carbocycles. The van der Waals surface area contributed by atoms with E-state index >= 15 is 0 Å². The lowest BCUT2D eigenvalue weighted by Gasteiger charge is -2.35. The Hall–Kier alpha value is -4.05. The molecule has 8 nitrogen and oxygen atoms in total. The molecule has 1 aliphatic rings. The number of alkyl halides is 9. The van der Waals surface area contributed by atoms with Gasteiger partial charge in [-0.25, -0.2) is 0 Å². The molecule has 1 N–H and O–H groups in total. The molecular weight excluding hydrogens is 659 g/mol. The Morgan fingerprint density at radius 2 is 1.42 bits per heavy atom. The van der Waals surface area contributed by atoms with Gasteiger partial charge in [-0.15, -0.1) is 5.10 Å². The van der Waals surface area contributed by atoms with E-state index in [1.807, 2.05) is 11.8 Å². The predicted molar refractivity (Wildman–Crippen MR) is 157 cm³/mol. The van der Waals surface area contributed by atoms with Crippen LogP contribution in [0.25, 0.3) is 0 Å². The van der Waals surface area contributed by atoms with Crippen molar-refractivity contribution in [3.63, 3.8) is 0 Å². The number of tetrazole rings is 1. The first-order valence-electron chi connectivity index (χ1n) is 15.3. The average Bonchev–Trinajstić information content (AvgIpc) is 3.42. The van der Waals surface area contributed by atoms with Crippen LogP contribution in [0.4, 0.5) is 51.1 Å². The molecule has 0 saturated heterocycles. The van der Waals surface area contributed by atoms with Gasteiger partial charge in [0.1, 0.15) is 0 Å². The second-order valence-electron chi connectivity index (χ2n) is 12.1. The van der Waals surface area contributed by atoms with Crippen LogP contribution in [0.5, 0.6) is 0 Å². The molecule has 0 atom stereocenters. The molecule has 17 heteroatoms. The Bertz CT molecular complexity index is 1510. The fourth-order valence-electron chi connectivity index (χ4n) is 6.09. The van der Waals surface area contributed by atoms with Crippen LogP contribution in [0.3, 0.4) is 0 Å². The van der Waals surface area contributed by atoms with E-state index in [1.165, 1.54) is 18.0 Å². The van der Waals surface area contributed by atoms with Gasteiger partial charge in [0.2, 0.25) is 0 Å². The minimum atomic E-state index is -5.10. The number of aryl methyl sites for hydroxylation is 1. The first kappa shape index (κ1) is 36.8. The van der Waals surface area contributed by atoms with Gasteiger partial charge in [0.15, 0.2) is 0 Å². The topological polar surface area (TPSA) is 87.4 Å². The fourth-order valence-corrected chi connectivity index (χ4v) is 6.09. The van der Waals surface area contributed by atoms with Crippen LogP contribution in [0, 0.1) is 11.8 Å². The first-order chi connectivity index (χ1) is 22.3. The van der Waals surface area contributed by atoms with Crippen molar-refractivity contribution in [1.82, 2.24) is 20.2 Å². The number of rotatable bonds is 12. The summed E-state index contributed by atoms with van der Waals surface area (Å²) in [6, 6.07) is 4.26. The zero-order valence-corrected chi connectivity index (χ0v) is 26.1. The standard InChI is InChI=1S/C31H35F9N6O2/c1-3-10-45(16-20-6-4-19(5-7-20)13-27(47)48)26-9-8-23(29(32,33)34)14-22(26)18-46(28-41-43-44(2)42-28)17-21-11-24(30(35,36)37)15-25(12-21)31(38,39)40/h8-9,11-12,14-15,19-20H,3-7,10,13,16-18H2,1-2H3,(H,47,48)/t19-,20-. The molecule has 264 valence electrons. The number of nitrogens with zero attached hydrogens (tertiary/aromatic N) is 6. The number of aliphatic carboxylic acids is 1. The van der Waals surface area contributed by atoms with Gasteiger partial charge in [-0.05, 0) is 96.7 Å². The van der Waals surface area contributed by atoms with Gasteiger partial charge in [-0.3, -0.25) is 4.79 Å². The Morgan fingerprint density at radius 3 is 1.92 bits per heavy atom. The summed E-state index contributed by atoms with van der Waals surface area (Å²) >= 11 is 0. The monoisotopic (exact) mass is 694 g/mol. The van der Waals surface area contributed by atoms with E-state index in [0.717, 1.165) is 29.8 Å². The Labute approximate surface area is 270 Å². The molecule has 1 aromatic heterocycles. The Kier molecular flexibility index (Phi) is 11.2. The minimum absolute atomic E-state index is 0.00289. The van der Waals surface area contributed by atoms with E-state index in [9.17, 15) is 44.3 Å². The van der Waals surface area contributed by atoms with Crippen LogP contribution in [0.15, 0.2) is 36.4 Å². The number of carboxylic acid groups (broad SMARTS) is 1. The maximum absolute atomic E-state index is 14.0. The van der Waals surface area contributed by atoms with Crippen molar-refractivity contribution < 1.29 is 49.4 Å². The molecule has 0 amide bonds. The van der Waals surface area contributed by atoms with Gasteiger partial charge in [0, 0.05) is 38.3 Å². The Morgan fingerprint density at radius 1 is 0.833 bits per heavy atom. The number of carboxylic acids is 1. The van der Waals surface area contributed by atoms with Crippen LogP contribution in [-0.4, -0.2) is 44.4 Å². The highest BCUT2D eigenvalue weighted by molar-refractivity contribution is 5.67. The van der Waals surface area contributed by atoms with E-state index < -0.39 is 59.8 Å². The lowest BCUT2D eigenvalue weighted by Crippen LogP contribution is -2.34. The molecule has 1 heterocycles. The zero-order chi connectivity index (χ0) is 35.4. The van der Waals surface area contributed by atoms with Crippen LogP contribution >= 0.6 is 0 Å². The van der Waals surface area contributed by atoms with Crippen molar-refractivity contribution in [2.75, 3.05) is 22.9 Å². The normalized spacial score (nSPS) is 17.4. The highest BCUT2D eigenvalue weighted by Crippen LogP contribution is 2.39. The third-order valence-corrected chi connectivity index (χ3v) is 8.31. The van der Waals surface area contributed by atoms with E-state index in [2.05, 4.69) is 15.4 Å². The molecule has 1 saturated carbocycles. The summed E-state index contributed by atoms with van der Waals surface area (Å²) in [4.78, 5) is 15.3. The maximum atomic E-state index is 14.0. The summed E-state index contributed by atoms with van der Waals surface area (Å²) in [5, 5.41) is 20.8. The predicted octanol–water partition coefficient (Wildman–Crippen LogP) is 7.97. The highest BCUT2D eigenvalue weighted by atomic mass is 19.4. The summed E-state index contributed by atoms with van der Waals surface area (Å²) in [6.07, 6.45) is -11.4. The number of carbonyl (C=O) groups is 1. The summed E-state index contributed by atoms with van der Waals surface area (Å²) in [5.41, 5.74) is -3.96. The number of hydrogen-bond acceptors (Lipinski definition) is 6. The van der Waals surface area contributed by atoms with Gasteiger partial charge in [0.05, 0.1) is 23.7 Å². The smallest absolute Gasteiger partial charge is 0.416 e. The van der Waals surface area contributed by atoms with Crippen LogP contribution in [-0.2, 0) is 43.5 Å². The number of anilines is 2. The van der Waals surface area contributed by atoms with Gasteiger partial charge >= 0.3 is 24.5 Å². The maximum Gasteiger partial charge on any atom is 0.416 e. The molecule has 0 aliphatic heterocycles. The molecule has 3 aromatic rings. The molecule has 1 fully saturated rings. The highest BCUT2D eigenvalue weighted by Gasteiger charge is 2.37. The summed E-state index contributed by atoms with van der Waals surface area (Å²) in [6.45, 7) is 1.77. The quantitative estimate of drug-likeness (QED) is 0.193. The van der Waals surface area contributed by atoms with E-state index in [4.69, 9.17) is 5.11 Å². The van der Waals surface area contributed by atoms with Crippen molar-refractivity contribution in [3.8, 4) is 0 Å². The van der Waals surface area contributed by atoms with Gasteiger partial charge in [0.25, 0.3) is 5.95 Å². The van der Waals surface area contributed by atoms with Crippen LogP contribution < -0.4 is 9.80 Å². The van der Waals surface area contributed by atoms with E-state index in [-0.39, 0.29) is 35.8 Å². The van der Waals surface area contributed by atoms with Crippen LogP contribution in [0.1, 0.15) is 73.3 Å². The molecular formula is C31H35F9N6O2. The van der Waals surface area contributed by atoms with Gasteiger partial charge in [-0.2, -0.15) is 44.3 Å². The molecule has 4 rings (SSSR count). The van der Waals surface area contributed by atoms with E-state index in [0.29, 0.717) is 50.2 Å². The largest absolute Gasteiger partial charge is 0.481 e. The molecule has 0 radical (unpaired) electrons. The molecule has 0 unspecified atom stereocenters. The summed E-state index contributed by atoms with van der Waals surface area (Å²) in [7, 11) is 1.38. The summed E-state index contributed by atoms with van der Waals surface area (Å²) in [5.74, 6) is -0.921. The number of benzene rings is 2. The first-order valence-corrected chi connectivity index (χ1v) is 15.3. The van der Waals surface area contributed by atoms with Gasteiger partial charge < -0.3 is 14.9 Å². The molecule has 1 aliphatic carbocycles. The van der Waals surface area contributed by atoms with Crippen molar-refractivity contribution in [1.29, 1.82) is 0 Å². The Balaban J connectivity index is 1.74.